The molecule has 0 radical (unpaired) electrons. The van der Waals surface area contributed by atoms with Gasteiger partial charge in [0, 0.05) is 18.7 Å². The molecule has 1 heterocycles. The Morgan fingerprint density at radius 3 is 2.32 bits per heavy atom. The summed E-state index contributed by atoms with van der Waals surface area (Å²) in [7, 11) is 4.60. The molecule has 0 atom stereocenters. The number of hydrogen-bond donors (Lipinski definition) is 0. The third-order valence-corrected chi connectivity index (χ3v) is 3.83. The maximum absolute atomic E-state index is 12.3. The van der Waals surface area contributed by atoms with Gasteiger partial charge in [-0.1, -0.05) is 23.4 Å². The van der Waals surface area contributed by atoms with Gasteiger partial charge in [0.1, 0.15) is 11.5 Å². The molecule has 128 valence electrons. The molecule has 0 spiro atoms. The lowest BCUT2D eigenvalue weighted by atomic mass is 10.1. The molecule has 0 aliphatic carbocycles. The van der Waals surface area contributed by atoms with Crippen LogP contribution in [0.15, 0.2) is 47.6 Å². The van der Waals surface area contributed by atoms with E-state index in [0.717, 1.165) is 0 Å². The number of amides is 1. The number of nitrogens with zero attached hydrogens (tertiary/aromatic N) is 2. The number of rotatable bonds is 4. The second-order valence-electron chi connectivity index (χ2n) is 5.30. The lowest BCUT2D eigenvalue weighted by molar-refractivity contribution is -0.112. The normalized spacial score (nSPS) is 14.4. The van der Waals surface area contributed by atoms with E-state index in [0.29, 0.717) is 22.7 Å². The molecule has 1 amide bonds. The standard InChI is InChI=1S/C18H16N2O5/c1-20-15-7-5-4-6-14(15)16(17(20)21)19-25-18(22)11-8-12(23-2)10-13(9-11)24-3/h4-10H,1-3H3. The fourth-order valence-electron chi connectivity index (χ4n) is 2.50. The van der Waals surface area contributed by atoms with Crippen LogP contribution in [0, 0.1) is 0 Å². The maximum atomic E-state index is 12.3. The number of methoxy groups -OCH3 is 2. The molecule has 3 rings (SSSR count). The Morgan fingerprint density at radius 2 is 1.68 bits per heavy atom. The maximum Gasteiger partial charge on any atom is 0.366 e. The summed E-state index contributed by atoms with van der Waals surface area (Å²) in [6.45, 7) is 0. The van der Waals surface area contributed by atoms with Gasteiger partial charge in [-0.25, -0.2) is 4.79 Å². The van der Waals surface area contributed by atoms with Crippen LogP contribution in [0.2, 0.25) is 0 Å². The molecule has 0 unspecified atom stereocenters. The van der Waals surface area contributed by atoms with Crippen molar-refractivity contribution in [3.8, 4) is 11.5 Å². The highest BCUT2D eigenvalue weighted by molar-refractivity contribution is 6.54. The van der Waals surface area contributed by atoms with Gasteiger partial charge < -0.3 is 19.2 Å². The van der Waals surface area contributed by atoms with Gasteiger partial charge >= 0.3 is 5.97 Å². The lowest BCUT2D eigenvalue weighted by Gasteiger charge is -2.07. The van der Waals surface area contributed by atoms with Gasteiger partial charge in [-0.15, -0.1) is 0 Å². The molecule has 2 aromatic carbocycles. The van der Waals surface area contributed by atoms with Gasteiger partial charge in [0.25, 0.3) is 5.91 Å². The van der Waals surface area contributed by atoms with Gasteiger partial charge in [0.2, 0.25) is 0 Å². The van der Waals surface area contributed by atoms with E-state index in [1.807, 2.05) is 6.07 Å². The number of oxime groups is 1. The Hall–Kier alpha value is -3.35. The van der Waals surface area contributed by atoms with Crippen molar-refractivity contribution in [1.29, 1.82) is 0 Å². The zero-order valence-electron chi connectivity index (χ0n) is 14.0. The molecule has 0 bridgehead atoms. The fourth-order valence-corrected chi connectivity index (χ4v) is 2.50. The SMILES string of the molecule is COc1cc(OC)cc(C(=O)ON=C2C(=O)N(C)c3ccccc32)c1. The summed E-state index contributed by atoms with van der Waals surface area (Å²) in [6.07, 6.45) is 0. The zero-order chi connectivity index (χ0) is 18.0. The molecular formula is C18H16N2O5. The Labute approximate surface area is 144 Å². The smallest absolute Gasteiger partial charge is 0.366 e. The van der Waals surface area contributed by atoms with Crippen LogP contribution in [0.4, 0.5) is 5.69 Å². The van der Waals surface area contributed by atoms with E-state index in [1.165, 1.54) is 31.3 Å². The number of anilines is 1. The summed E-state index contributed by atoms with van der Waals surface area (Å²) in [4.78, 5) is 31.0. The van der Waals surface area contributed by atoms with E-state index in [1.54, 1.807) is 31.3 Å². The molecule has 25 heavy (non-hydrogen) atoms. The monoisotopic (exact) mass is 340 g/mol. The second kappa shape index (κ2) is 6.64. The zero-order valence-corrected chi connectivity index (χ0v) is 14.0. The third-order valence-electron chi connectivity index (χ3n) is 3.83. The molecular weight excluding hydrogens is 324 g/mol. The summed E-state index contributed by atoms with van der Waals surface area (Å²) in [5.41, 5.74) is 1.62. The van der Waals surface area contributed by atoms with E-state index in [-0.39, 0.29) is 17.2 Å². The van der Waals surface area contributed by atoms with Crippen LogP contribution < -0.4 is 14.4 Å². The quantitative estimate of drug-likeness (QED) is 0.630. The topological polar surface area (TPSA) is 77.4 Å². The number of hydrogen-bond acceptors (Lipinski definition) is 6. The Balaban J connectivity index is 1.87. The van der Waals surface area contributed by atoms with E-state index >= 15 is 0 Å². The first-order valence-electron chi connectivity index (χ1n) is 7.45. The van der Waals surface area contributed by atoms with Crippen LogP contribution >= 0.6 is 0 Å². The predicted octanol–water partition coefficient (Wildman–Crippen LogP) is 2.24. The van der Waals surface area contributed by atoms with Crippen molar-refractivity contribution in [3.05, 3.63) is 53.6 Å². The van der Waals surface area contributed by atoms with Crippen molar-refractivity contribution in [2.45, 2.75) is 0 Å². The number of ether oxygens (including phenoxy) is 2. The molecule has 1 aliphatic rings. The molecule has 0 saturated heterocycles. The number of likely N-dealkylation sites (N-methyl/N-ethyl adjacent to an activating group) is 1. The van der Waals surface area contributed by atoms with Crippen molar-refractivity contribution in [3.63, 3.8) is 0 Å². The summed E-state index contributed by atoms with van der Waals surface area (Å²) < 4.78 is 10.2. The highest BCUT2D eigenvalue weighted by Crippen LogP contribution is 2.28. The number of benzene rings is 2. The summed E-state index contributed by atoms with van der Waals surface area (Å²) in [6, 6.07) is 11.8. The minimum Gasteiger partial charge on any atom is -0.497 e. The number of carbonyl (C=O) groups is 2. The van der Waals surface area contributed by atoms with Gasteiger partial charge in [0.05, 0.1) is 25.5 Å². The molecule has 0 aromatic heterocycles. The van der Waals surface area contributed by atoms with Crippen LogP contribution in [0.3, 0.4) is 0 Å². The van der Waals surface area contributed by atoms with E-state index in [9.17, 15) is 9.59 Å². The molecule has 1 aliphatic heterocycles. The molecule has 7 heteroatoms. The largest absolute Gasteiger partial charge is 0.497 e. The van der Waals surface area contributed by atoms with Gasteiger partial charge in [-0.2, -0.15) is 0 Å². The lowest BCUT2D eigenvalue weighted by Crippen LogP contribution is -2.25. The van der Waals surface area contributed by atoms with Crippen LogP contribution in [0.25, 0.3) is 0 Å². The summed E-state index contributed by atoms with van der Waals surface area (Å²) in [5, 5.41) is 3.78. The molecule has 7 nitrogen and oxygen atoms in total. The van der Waals surface area contributed by atoms with Crippen LogP contribution in [0.1, 0.15) is 15.9 Å². The number of carbonyl (C=O) groups excluding carboxylic acids is 2. The first-order valence-corrected chi connectivity index (χ1v) is 7.45. The van der Waals surface area contributed by atoms with E-state index in [4.69, 9.17) is 14.3 Å². The van der Waals surface area contributed by atoms with E-state index in [2.05, 4.69) is 5.16 Å². The van der Waals surface area contributed by atoms with Crippen molar-refractivity contribution >= 4 is 23.3 Å². The predicted molar refractivity (Wildman–Crippen MR) is 91.4 cm³/mol. The average Bonchev–Trinajstić information content (AvgIpc) is 2.90. The Morgan fingerprint density at radius 1 is 1.04 bits per heavy atom. The summed E-state index contributed by atoms with van der Waals surface area (Å²) in [5.74, 6) is -0.163. The van der Waals surface area contributed by atoms with Gasteiger partial charge in [-0.05, 0) is 18.2 Å². The third kappa shape index (κ3) is 3.03. The molecule has 0 N–H and O–H groups in total. The highest BCUT2D eigenvalue weighted by Gasteiger charge is 2.32. The van der Waals surface area contributed by atoms with Crippen molar-refractivity contribution in [1.82, 2.24) is 0 Å². The highest BCUT2D eigenvalue weighted by atomic mass is 16.7. The molecule has 2 aromatic rings. The Kier molecular flexibility index (Phi) is 4.38. The first-order chi connectivity index (χ1) is 12.0. The van der Waals surface area contributed by atoms with Crippen molar-refractivity contribution in [2.75, 3.05) is 26.2 Å². The first kappa shape index (κ1) is 16.5. The van der Waals surface area contributed by atoms with E-state index < -0.39 is 5.97 Å². The van der Waals surface area contributed by atoms with Crippen molar-refractivity contribution in [2.24, 2.45) is 5.16 Å². The average molecular weight is 340 g/mol. The fraction of sp³-hybridized carbons (Fsp3) is 0.167. The summed E-state index contributed by atoms with van der Waals surface area (Å²) >= 11 is 0. The van der Waals surface area contributed by atoms with Crippen LogP contribution in [-0.4, -0.2) is 38.9 Å². The Bertz CT molecular complexity index is 853. The van der Waals surface area contributed by atoms with Crippen LogP contribution in [-0.2, 0) is 9.63 Å². The van der Waals surface area contributed by atoms with Gasteiger partial charge in [0.15, 0.2) is 5.71 Å². The second-order valence-corrected chi connectivity index (χ2v) is 5.30. The minimum absolute atomic E-state index is 0.0845. The molecule has 0 fully saturated rings. The number of para-hydroxylation sites is 1. The van der Waals surface area contributed by atoms with Crippen molar-refractivity contribution < 1.29 is 23.9 Å². The van der Waals surface area contributed by atoms with Crippen LogP contribution in [0.5, 0.6) is 11.5 Å². The number of fused-ring (bicyclic) bond motifs is 1. The minimum atomic E-state index is -0.718. The van der Waals surface area contributed by atoms with Gasteiger partial charge in [-0.3, -0.25) is 4.79 Å². The molecule has 0 saturated carbocycles.